The Morgan fingerprint density at radius 3 is 1.70 bits per heavy atom. The van der Waals surface area contributed by atoms with E-state index >= 15 is 0 Å². The number of benzene rings is 2. The van der Waals surface area contributed by atoms with Crippen LogP contribution in [0.15, 0.2) is 60.7 Å². The third kappa shape index (κ3) is 2.15. The van der Waals surface area contributed by atoms with Crippen LogP contribution in [0.25, 0.3) is 0 Å². The average Bonchev–Trinajstić information content (AvgIpc) is 2.78. The second-order valence-corrected chi connectivity index (χ2v) is 5.15. The molecular formula is C17H18ClNO. The first-order chi connectivity index (χ1) is 9.25. The summed E-state index contributed by atoms with van der Waals surface area (Å²) in [7, 11) is 0. The van der Waals surface area contributed by atoms with Crippen molar-refractivity contribution < 1.29 is 4.79 Å². The first-order valence-electron chi connectivity index (χ1n) is 6.66. The van der Waals surface area contributed by atoms with Crippen LogP contribution in [0.1, 0.15) is 24.0 Å². The molecule has 3 heteroatoms. The van der Waals surface area contributed by atoms with Gasteiger partial charge in [-0.15, -0.1) is 12.4 Å². The maximum atomic E-state index is 12.7. The molecule has 3 rings (SSSR count). The lowest BCUT2D eigenvalue weighted by atomic mass is 9.72. The third-order valence-electron chi connectivity index (χ3n) is 4.12. The minimum Gasteiger partial charge on any atom is -0.321 e. The summed E-state index contributed by atoms with van der Waals surface area (Å²) in [5, 5.41) is 0. The van der Waals surface area contributed by atoms with Crippen LogP contribution < -0.4 is 5.73 Å². The highest BCUT2D eigenvalue weighted by Gasteiger charge is 2.48. The van der Waals surface area contributed by atoms with E-state index in [4.69, 9.17) is 5.73 Å². The molecule has 20 heavy (non-hydrogen) atoms. The van der Waals surface area contributed by atoms with Gasteiger partial charge >= 0.3 is 0 Å². The Hall–Kier alpha value is -1.64. The number of rotatable bonds is 2. The minimum absolute atomic E-state index is 0. The number of ketones is 1. The van der Waals surface area contributed by atoms with Crippen molar-refractivity contribution in [1.82, 2.24) is 0 Å². The van der Waals surface area contributed by atoms with E-state index in [0.717, 1.165) is 24.0 Å². The van der Waals surface area contributed by atoms with E-state index in [0.29, 0.717) is 0 Å². The van der Waals surface area contributed by atoms with Crippen LogP contribution in [-0.4, -0.2) is 11.8 Å². The molecule has 1 saturated carbocycles. The van der Waals surface area contributed by atoms with E-state index in [2.05, 4.69) is 0 Å². The van der Waals surface area contributed by atoms with Crippen LogP contribution in [0.4, 0.5) is 0 Å². The second-order valence-electron chi connectivity index (χ2n) is 5.15. The summed E-state index contributed by atoms with van der Waals surface area (Å²) in [5.74, 6) is 0.143. The Kier molecular flexibility index (Phi) is 4.26. The zero-order valence-electron chi connectivity index (χ0n) is 11.2. The molecule has 2 aromatic carbocycles. The van der Waals surface area contributed by atoms with E-state index in [-0.39, 0.29) is 24.2 Å². The zero-order valence-corrected chi connectivity index (χ0v) is 12.0. The van der Waals surface area contributed by atoms with Crippen molar-refractivity contribution in [2.24, 2.45) is 5.73 Å². The van der Waals surface area contributed by atoms with Gasteiger partial charge in [-0.2, -0.15) is 0 Å². The van der Waals surface area contributed by atoms with Crippen LogP contribution in [0.3, 0.4) is 0 Å². The molecule has 1 aliphatic carbocycles. The van der Waals surface area contributed by atoms with Crippen molar-refractivity contribution in [1.29, 1.82) is 0 Å². The fraction of sp³-hybridized carbons (Fsp3) is 0.235. The standard InChI is InChI=1S/C17H17NO.ClH/c18-15-11-12-17(16(15)19,13-7-3-1-4-8-13)14-9-5-2-6-10-14;/h1-10,15H,11-12,18H2;1H. The van der Waals surface area contributed by atoms with Crippen molar-refractivity contribution in [3.8, 4) is 0 Å². The van der Waals surface area contributed by atoms with Crippen LogP contribution in [-0.2, 0) is 10.2 Å². The van der Waals surface area contributed by atoms with Gasteiger partial charge in [0.15, 0.2) is 5.78 Å². The number of Topliss-reactive ketones (excluding diaryl/α,β-unsaturated/α-hetero) is 1. The lowest BCUT2D eigenvalue weighted by Gasteiger charge is -2.29. The number of nitrogens with two attached hydrogens (primary N) is 1. The molecule has 1 atom stereocenters. The highest BCUT2D eigenvalue weighted by molar-refractivity contribution is 5.99. The van der Waals surface area contributed by atoms with Gasteiger partial charge in [0.25, 0.3) is 0 Å². The van der Waals surface area contributed by atoms with Crippen LogP contribution in [0, 0.1) is 0 Å². The topological polar surface area (TPSA) is 43.1 Å². The lowest BCUT2D eigenvalue weighted by Crippen LogP contribution is -2.39. The molecule has 0 bridgehead atoms. The van der Waals surface area contributed by atoms with Crippen molar-refractivity contribution in [2.45, 2.75) is 24.3 Å². The molecule has 0 aliphatic heterocycles. The van der Waals surface area contributed by atoms with Gasteiger partial charge < -0.3 is 5.73 Å². The van der Waals surface area contributed by atoms with Gasteiger partial charge in [0, 0.05) is 0 Å². The zero-order chi connectivity index (χ0) is 13.3. The number of hydrogen-bond donors (Lipinski definition) is 1. The van der Waals surface area contributed by atoms with Gasteiger partial charge in [-0.1, -0.05) is 60.7 Å². The molecule has 2 aromatic rings. The Bertz CT molecular complexity index is 543. The third-order valence-corrected chi connectivity index (χ3v) is 4.12. The van der Waals surface area contributed by atoms with E-state index in [1.54, 1.807) is 0 Å². The molecule has 2 N–H and O–H groups in total. The fourth-order valence-corrected chi connectivity index (χ4v) is 3.13. The number of hydrogen-bond acceptors (Lipinski definition) is 2. The molecular weight excluding hydrogens is 270 g/mol. The lowest BCUT2D eigenvalue weighted by molar-refractivity contribution is -0.122. The maximum absolute atomic E-state index is 12.7. The fourth-order valence-electron chi connectivity index (χ4n) is 3.13. The molecule has 0 radical (unpaired) electrons. The number of halogens is 1. The van der Waals surface area contributed by atoms with Crippen molar-refractivity contribution in [2.75, 3.05) is 0 Å². The monoisotopic (exact) mass is 287 g/mol. The number of carbonyl (C=O) groups excluding carboxylic acids is 1. The average molecular weight is 288 g/mol. The van der Waals surface area contributed by atoms with Crippen molar-refractivity contribution in [3.63, 3.8) is 0 Å². The summed E-state index contributed by atoms with van der Waals surface area (Å²) >= 11 is 0. The Balaban J connectivity index is 0.00000147. The molecule has 1 fully saturated rings. The smallest absolute Gasteiger partial charge is 0.164 e. The van der Waals surface area contributed by atoms with E-state index < -0.39 is 5.41 Å². The van der Waals surface area contributed by atoms with Gasteiger partial charge in [-0.05, 0) is 24.0 Å². The maximum Gasteiger partial charge on any atom is 0.164 e. The first-order valence-corrected chi connectivity index (χ1v) is 6.66. The Morgan fingerprint density at radius 1 is 0.900 bits per heavy atom. The second kappa shape index (κ2) is 5.78. The molecule has 0 amide bonds. The van der Waals surface area contributed by atoms with Crippen LogP contribution in [0.5, 0.6) is 0 Å². The Morgan fingerprint density at radius 2 is 1.35 bits per heavy atom. The molecule has 2 nitrogen and oxygen atoms in total. The normalized spacial score (nSPS) is 20.4. The summed E-state index contributed by atoms with van der Waals surface area (Å²) in [4.78, 5) is 12.7. The van der Waals surface area contributed by atoms with Gasteiger partial charge in [-0.25, -0.2) is 0 Å². The summed E-state index contributed by atoms with van der Waals surface area (Å²) in [6.45, 7) is 0. The van der Waals surface area contributed by atoms with E-state index in [1.807, 2.05) is 60.7 Å². The summed E-state index contributed by atoms with van der Waals surface area (Å²) in [6, 6.07) is 19.7. The predicted molar refractivity (Wildman–Crippen MR) is 83.1 cm³/mol. The van der Waals surface area contributed by atoms with E-state index in [9.17, 15) is 4.79 Å². The highest BCUT2D eigenvalue weighted by Crippen LogP contribution is 2.43. The molecule has 0 heterocycles. The predicted octanol–water partition coefficient (Wildman–Crippen LogP) is 3.08. The van der Waals surface area contributed by atoms with Crippen LogP contribution in [0.2, 0.25) is 0 Å². The van der Waals surface area contributed by atoms with Crippen molar-refractivity contribution in [3.05, 3.63) is 71.8 Å². The quantitative estimate of drug-likeness (QED) is 0.922. The molecule has 0 spiro atoms. The number of carbonyl (C=O) groups is 1. The molecule has 1 aliphatic rings. The van der Waals surface area contributed by atoms with Gasteiger partial charge in [-0.3, -0.25) is 4.79 Å². The Labute approximate surface area is 125 Å². The first kappa shape index (κ1) is 14.8. The van der Waals surface area contributed by atoms with Crippen LogP contribution >= 0.6 is 12.4 Å². The SMILES string of the molecule is Cl.NC1CCC(c2ccccc2)(c2ccccc2)C1=O. The molecule has 1 unspecified atom stereocenters. The summed E-state index contributed by atoms with van der Waals surface area (Å²) in [6.07, 6.45) is 1.55. The molecule has 0 aromatic heterocycles. The largest absolute Gasteiger partial charge is 0.321 e. The molecule has 0 saturated heterocycles. The van der Waals surface area contributed by atoms with Gasteiger partial charge in [0.1, 0.15) is 0 Å². The van der Waals surface area contributed by atoms with E-state index in [1.165, 1.54) is 0 Å². The summed E-state index contributed by atoms with van der Waals surface area (Å²) < 4.78 is 0. The highest BCUT2D eigenvalue weighted by atomic mass is 35.5. The minimum atomic E-state index is -0.554. The van der Waals surface area contributed by atoms with Gasteiger partial charge in [0.2, 0.25) is 0 Å². The van der Waals surface area contributed by atoms with Gasteiger partial charge in [0.05, 0.1) is 11.5 Å². The van der Waals surface area contributed by atoms with Crippen molar-refractivity contribution >= 4 is 18.2 Å². The summed E-state index contributed by atoms with van der Waals surface area (Å²) in [5.41, 5.74) is 7.53. The molecule has 104 valence electrons.